The number of halogens is 1. The molecule has 0 aliphatic heterocycles. The van der Waals surface area contributed by atoms with Crippen LogP contribution in [0.2, 0.25) is 0 Å². The van der Waals surface area contributed by atoms with Crippen molar-refractivity contribution in [2.75, 3.05) is 5.32 Å². The second-order valence-corrected chi connectivity index (χ2v) is 6.28. The fourth-order valence-corrected chi connectivity index (χ4v) is 2.85. The predicted molar refractivity (Wildman–Crippen MR) is 99.2 cm³/mol. The fraction of sp³-hybridized carbons (Fsp3) is 0.389. The molecule has 7 heteroatoms. The lowest BCUT2D eigenvalue weighted by atomic mass is 9.82. The summed E-state index contributed by atoms with van der Waals surface area (Å²) in [5.41, 5.74) is 7.04. The van der Waals surface area contributed by atoms with Gasteiger partial charge in [0, 0.05) is 17.6 Å². The number of anilines is 1. The second-order valence-electron chi connectivity index (χ2n) is 6.28. The van der Waals surface area contributed by atoms with E-state index in [1.54, 1.807) is 36.5 Å². The number of carbonyl (C=O) groups is 1. The molecule has 1 aliphatic carbocycles. The van der Waals surface area contributed by atoms with Gasteiger partial charge in [0.1, 0.15) is 5.75 Å². The van der Waals surface area contributed by atoms with Crippen LogP contribution in [0.3, 0.4) is 0 Å². The summed E-state index contributed by atoms with van der Waals surface area (Å²) in [6, 6.07) is 9.22. The first kappa shape index (κ1) is 19.1. The molecular formula is C18H23ClN4O2. The molecule has 134 valence electrons. The van der Waals surface area contributed by atoms with Crippen molar-refractivity contribution < 1.29 is 9.53 Å². The minimum Gasteiger partial charge on any atom is -0.424 e. The first-order valence-corrected chi connectivity index (χ1v) is 8.23. The van der Waals surface area contributed by atoms with Gasteiger partial charge in [0.2, 0.25) is 5.91 Å². The van der Waals surface area contributed by atoms with Crippen molar-refractivity contribution >= 4 is 24.0 Å². The highest BCUT2D eigenvalue weighted by molar-refractivity contribution is 5.98. The number of nitrogens with one attached hydrogen (secondary N) is 1. The Labute approximate surface area is 153 Å². The minimum absolute atomic E-state index is 0. The summed E-state index contributed by atoms with van der Waals surface area (Å²) in [6.45, 7) is 1.88. The third-order valence-electron chi connectivity index (χ3n) is 4.29. The number of nitrogens with zero attached hydrogens (tertiary/aromatic N) is 2. The Balaban J connectivity index is 0.00000225. The van der Waals surface area contributed by atoms with E-state index in [0.29, 0.717) is 17.4 Å². The predicted octanol–water partition coefficient (Wildman–Crippen LogP) is 3.60. The van der Waals surface area contributed by atoms with Gasteiger partial charge in [-0.2, -0.15) is 0 Å². The fourth-order valence-electron chi connectivity index (χ4n) is 2.85. The highest BCUT2D eigenvalue weighted by Gasteiger charge is 2.35. The summed E-state index contributed by atoms with van der Waals surface area (Å²) >= 11 is 0. The van der Waals surface area contributed by atoms with Crippen molar-refractivity contribution in [1.82, 2.24) is 9.97 Å². The SMILES string of the molecule is Cc1ccnc(Oc2ccc(NC(=O)C3(N)CCCCC3)cc2)n1.Cl. The van der Waals surface area contributed by atoms with Crippen LogP contribution in [0, 0.1) is 6.92 Å². The Bertz CT molecular complexity index is 715. The number of benzene rings is 1. The van der Waals surface area contributed by atoms with Gasteiger partial charge in [0.05, 0.1) is 5.54 Å². The number of aryl methyl sites for hydroxylation is 1. The van der Waals surface area contributed by atoms with Crippen molar-refractivity contribution in [3.8, 4) is 11.8 Å². The van der Waals surface area contributed by atoms with Gasteiger partial charge in [-0.05, 0) is 50.1 Å². The molecule has 1 saturated carbocycles. The number of hydrogen-bond donors (Lipinski definition) is 2. The molecule has 0 spiro atoms. The minimum atomic E-state index is -0.747. The molecule has 0 radical (unpaired) electrons. The smallest absolute Gasteiger partial charge is 0.322 e. The lowest BCUT2D eigenvalue weighted by molar-refractivity contribution is -0.122. The molecule has 2 aromatic rings. The molecule has 6 nitrogen and oxygen atoms in total. The second kappa shape index (κ2) is 8.27. The summed E-state index contributed by atoms with van der Waals surface area (Å²) < 4.78 is 5.60. The first-order chi connectivity index (χ1) is 11.5. The number of rotatable bonds is 4. The van der Waals surface area contributed by atoms with E-state index in [-0.39, 0.29) is 18.3 Å². The Morgan fingerprint density at radius 1 is 1.16 bits per heavy atom. The average Bonchev–Trinajstić information content (AvgIpc) is 2.57. The van der Waals surface area contributed by atoms with Crippen LogP contribution in [0.1, 0.15) is 37.8 Å². The van der Waals surface area contributed by atoms with E-state index in [2.05, 4.69) is 15.3 Å². The highest BCUT2D eigenvalue weighted by Crippen LogP contribution is 2.27. The van der Waals surface area contributed by atoms with Crippen LogP contribution in [0.4, 0.5) is 5.69 Å². The van der Waals surface area contributed by atoms with E-state index in [4.69, 9.17) is 10.5 Å². The molecule has 1 aromatic carbocycles. The molecule has 1 aromatic heterocycles. The summed E-state index contributed by atoms with van der Waals surface area (Å²) in [5.74, 6) is 0.497. The molecule has 3 rings (SSSR count). The van der Waals surface area contributed by atoms with Crippen LogP contribution in [0.25, 0.3) is 0 Å². The summed E-state index contributed by atoms with van der Waals surface area (Å²) in [5, 5.41) is 2.90. The molecule has 0 bridgehead atoms. The third-order valence-corrected chi connectivity index (χ3v) is 4.29. The van der Waals surface area contributed by atoms with Crippen LogP contribution < -0.4 is 15.8 Å². The molecule has 1 fully saturated rings. The van der Waals surface area contributed by atoms with Gasteiger partial charge in [0.15, 0.2) is 0 Å². The van der Waals surface area contributed by atoms with Crippen molar-refractivity contribution in [2.24, 2.45) is 5.73 Å². The van der Waals surface area contributed by atoms with E-state index >= 15 is 0 Å². The monoisotopic (exact) mass is 362 g/mol. The van der Waals surface area contributed by atoms with Gasteiger partial charge >= 0.3 is 6.01 Å². The number of amides is 1. The van der Waals surface area contributed by atoms with E-state index in [0.717, 1.165) is 37.8 Å². The average molecular weight is 363 g/mol. The van der Waals surface area contributed by atoms with Gasteiger partial charge in [-0.1, -0.05) is 19.3 Å². The van der Waals surface area contributed by atoms with Crippen molar-refractivity contribution in [3.63, 3.8) is 0 Å². The maximum Gasteiger partial charge on any atom is 0.322 e. The number of carbonyl (C=O) groups excluding carboxylic acids is 1. The van der Waals surface area contributed by atoms with Crippen molar-refractivity contribution in [3.05, 3.63) is 42.2 Å². The zero-order chi connectivity index (χ0) is 17.0. The number of nitrogens with two attached hydrogens (primary N) is 1. The van der Waals surface area contributed by atoms with E-state index in [1.807, 2.05) is 6.92 Å². The Morgan fingerprint density at radius 2 is 1.84 bits per heavy atom. The maximum atomic E-state index is 12.4. The van der Waals surface area contributed by atoms with Crippen LogP contribution >= 0.6 is 12.4 Å². The molecular weight excluding hydrogens is 340 g/mol. The molecule has 25 heavy (non-hydrogen) atoms. The van der Waals surface area contributed by atoms with Gasteiger partial charge in [0.25, 0.3) is 0 Å². The van der Waals surface area contributed by atoms with Crippen LogP contribution in [0.5, 0.6) is 11.8 Å². The zero-order valence-corrected chi connectivity index (χ0v) is 15.0. The third kappa shape index (κ3) is 4.90. The number of ether oxygens (including phenoxy) is 1. The highest BCUT2D eigenvalue weighted by atomic mass is 35.5. The normalized spacial score (nSPS) is 15.8. The van der Waals surface area contributed by atoms with E-state index in [9.17, 15) is 4.79 Å². The van der Waals surface area contributed by atoms with Gasteiger partial charge in [-0.15, -0.1) is 12.4 Å². The van der Waals surface area contributed by atoms with Gasteiger partial charge < -0.3 is 15.8 Å². The molecule has 0 saturated heterocycles. The molecule has 3 N–H and O–H groups in total. The van der Waals surface area contributed by atoms with Crippen LogP contribution in [-0.2, 0) is 4.79 Å². The summed E-state index contributed by atoms with van der Waals surface area (Å²) in [6.07, 6.45) is 6.30. The molecule has 1 amide bonds. The lowest BCUT2D eigenvalue weighted by Gasteiger charge is -2.31. The largest absolute Gasteiger partial charge is 0.424 e. The zero-order valence-electron chi connectivity index (χ0n) is 14.2. The molecule has 1 aliphatic rings. The summed E-state index contributed by atoms with van der Waals surface area (Å²) in [4.78, 5) is 20.7. The van der Waals surface area contributed by atoms with Crippen molar-refractivity contribution in [1.29, 1.82) is 0 Å². The Kier molecular flexibility index (Phi) is 6.33. The lowest BCUT2D eigenvalue weighted by Crippen LogP contribution is -2.52. The van der Waals surface area contributed by atoms with Crippen LogP contribution in [0.15, 0.2) is 36.5 Å². The molecule has 0 unspecified atom stereocenters. The molecule has 0 atom stereocenters. The first-order valence-electron chi connectivity index (χ1n) is 8.23. The molecule has 1 heterocycles. The van der Waals surface area contributed by atoms with Crippen LogP contribution in [-0.4, -0.2) is 21.4 Å². The van der Waals surface area contributed by atoms with Gasteiger partial charge in [-0.3, -0.25) is 4.79 Å². The Hall–Kier alpha value is -2.18. The Morgan fingerprint density at radius 3 is 2.48 bits per heavy atom. The quantitative estimate of drug-likeness (QED) is 0.867. The van der Waals surface area contributed by atoms with E-state index in [1.165, 1.54) is 0 Å². The van der Waals surface area contributed by atoms with Crippen molar-refractivity contribution in [2.45, 2.75) is 44.6 Å². The topological polar surface area (TPSA) is 90.1 Å². The summed E-state index contributed by atoms with van der Waals surface area (Å²) in [7, 11) is 0. The standard InChI is InChI=1S/C18H22N4O2.ClH/c1-13-9-12-20-17(21-13)24-15-7-5-14(6-8-15)22-16(23)18(19)10-3-2-4-11-18;/h5-9,12H,2-4,10-11,19H2,1H3,(H,22,23);1H. The maximum absolute atomic E-state index is 12.4. The number of hydrogen-bond acceptors (Lipinski definition) is 5. The van der Waals surface area contributed by atoms with E-state index < -0.39 is 5.54 Å². The number of aromatic nitrogens is 2. The van der Waals surface area contributed by atoms with Gasteiger partial charge in [-0.25, -0.2) is 9.97 Å².